The molecule has 1 saturated heterocycles. The van der Waals surface area contributed by atoms with Crippen LogP contribution in [0, 0.1) is 0 Å². The number of carbonyl (C=O) groups is 2. The van der Waals surface area contributed by atoms with Gasteiger partial charge in [-0.2, -0.15) is 0 Å². The highest BCUT2D eigenvalue weighted by Crippen LogP contribution is 2.45. The number of anilines is 1. The molecule has 0 saturated carbocycles. The lowest BCUT2D eigenvalue weighted by molar-refractivity contribution is -0.132. The third-order valence-electron chi connectivity index (χ3n) is 6.68. The van der Waals surface area contributed by atoms with E-state index in [1.165, 1.54) is 28.0 Å². The molecule has 1 amide bonds. The second-order valence-electron chi connectivity index (χ2n) is 9.47. The van der Waals surface area contributed by atoms with Gasteiger partial charge in [0, 0.05) is 16.3 Å². The van der Waals surface area contributed by atoms with Crippen molar-refractivity contribution in [1.82, 2.24) is 10.2 Å². The van der Waals surface area contributed by atoms with Crippen molar-refractivity contribution in [2.24, 2.45) is 0 Å². The summed E-state index contributed by atoms with van der Waals surface area (Å²) in [5, 5.41) is 21.0. The molecule has 0 unspecified atom stereocenters. The Kier molecular flexibility index (Phi) is 8.37. The number of rotatable bonds is 9. The molecule has 0 aliphatic carbocycles. The first-order chi connectivity index (χ1) is 20.9. The summed E-state index contributed by atoms with van der Waals surface area (Å²) < 4.78 is 17.6. The number of fused-ring (bicyclic) bond motifs is 1. The van der Waals surface area contributed by atoms with Crippen molar-refractivity contribution in [3.8, 4) is 17.2 Å². The molecule has 218 valence electrons. The first-order valence-electron chi connectivity index (χ1n) is 13.2. The second kappa shape index (κ2) is 12.5. The normalized spacial score (nSPS) is 17.2. The average Bonchev–Trinajstić information content (AvgIpc) is 3.61. The number of nitrogens with zero attached hydrogens (tertiary/aromatic N) is 3. The molecule has 6 rings (SSSR count). The van der Waals surface area contributed by atoms with Crippen molar-refractivity contribution < 1.29 is 28.9 Å². The monoisotopic (exact) mass is 633 g/mol. The fourth-order valence-corrected chi connectivity index (χ4v) is 6.65. The van der Waals surface area contributed by atoms with E-state index in [9.17, 15) is 14.7 Å². The molecule has 2 aliphatic heterocycles. The van der Waals surface area contributed by atoms with Crippen LogP contribution in [-0.4, -0.2) is 46.8 Å². The molecular formula is C31H24ClN3O6S2. The van der Waals surface area contributed by atoms with Crippen LogP contribution in [0.2, 0.25) is 5.02 Å². The number of halogens is 1. The van der Waals surface area contributed by atoms with Crippen LogP contribution in [0.3, 0.4) is 0 Å². The fraction of sp³-hybridized carbons (Fsp3) is 0.161. The molecule has 1 atom stereocenters. The minimum Gasteiger partial charge on any atom is -0.507 e. The summed E-state index contributed by atoms with van der Waals surface area (Å²) in [4.78, 5) is 28.5. The van der Waals surface area contributed by atoms with Gasteiger partial charge in [-0.1, -0.05) is 71.6 Å². The van der Waals surface area contributed by atoms with Crippen LogP contribution in [0.15, 0.2) is 89.3 Å². The number of aliphatic hydroxyl groups is 1. The molecule has 1 fully saturated rings. The van der Waals surface area contributed by atoms with E-state index in [2.05, 4.69) is 16.8 Å². The van der Waals surface area contributed by atoms with E-state index in [-0.39, 0.29) is 23.1 Å². The molecule has 3 aromatic carbocycles. The van der Waals surface area contributed by atoms with Crippen molar-refractivity contribution in [2.45, 2.75) is 16.1 Å². The summed E-state index contributed by atoms with van der Waals surface area (Å²) in [6.07, 6.45) is 1.62. The Morgan fingerprint density at radius 1 is 1.09 bits per heavy atom. The molecule has 2 aliphatic rings. The zero-order valence-electron chi connectivity index (χ0n) is 22.6. The summed E-state index contributed by atoms with van der Waals surface area (Å²) in [5.74, 6) is 0.0748. The van der Waals surface area contributed by atoms with Crippen molar-refractivity contribution in [3.63, 3.8) is 0 Å². The van der Waals surface area contributed by atoms with Crippen LogP contribution < -0.4 is 19.1 Å². The summed E-state index contributed by atoms with van der Waals surface area (Å²) in [7, 11) is 0. The number of thioether (sulfide) groups is 1. The van der Waals surface area contributed by atoms with Gasteiger partial charge in [0.25, 0.3) is 5.78 Å². The first kappa shape index (κ1) is 28.8. The molecule has 9 nitrogen and oxygen atoms in total. The molecule has 0 radical (unpaired) electrons. The molecule has 4 aromatic rings. The summed E-state index contributed by atoms with van der Waals surface area (Å²) in [6.45, 7) is 4.72. The smallest absolute Gasteiger partial charge is 0.301 e. The summed E-state index contributed by atoms with van der Waals surface area (Å²) in [6, 6.07) is 18.4. The van der Waals surface area contributed by atoms with Gasteiger partial charge in [-0.15, -0.1) is 10.2 Å². The minimum absolute atomic E-state index is 0.0897. The predicted octanol–water partition coefficient (Wildman–Crippen LogP) is 6.45. The number of benzene rings is 3. The highest BCUT2D eigenvalue weighted by Gasteiger charge is 2.48. The van der Waals surface area contributed by atoms with Gasteiger partial charge in [0.05, 0.1) is 11.6 Å². The summed E-state index contributed by atoms with van der Waals surface area (Å²) >= 11 is 8.63. The highest BCUT2D eigenvalue weighted by molar-refractivity contribution is 8.00. The van der Waals surface area contributed by atoms with Crippen LogP contribution in [-0.2, 0) is 15.3 Å². The molecule has 0 bridgehead atoms. The Bertz CT molecular complexity index is 1740. The van der Waals surface area contributed by atoms with Gasteiger partial charge < -0.3 is 19.3 Å². The largest absolute Gasteiger partial charge is 0.507 e. The Hall–Kier alpha value is -4.32. The third-order valence-corrected chi connectivity index (χ3v) is 9.06. The number of ether oxygens (including phenoxy) is 3. The standard InChI is InChI=1S/C31H24ClN3O6S2/c1-2-12-39-22-5-3-4-19(15-22)26-25(27(36)20-8-11-23-24(16-20)41-14-13-40-23)28(37)29(38)35(26)30-33-34-31(43-30)42-17-18-6-9-21(32)10-7-18/h2-11,15-16,26,36H,1,12-14,17H2/t26-/m0/s1. The number of amides is 1. The molecule has 1 aromatic heterocycles. The van der Waals surface area contributed by atoms with Crippen molar-refractivity contribution in [3.05, 3.63) is 107 Å². The Balaban J connectivity index is 1.39. The second-order valence-corrected chi connectivity index (χ2v) is 12.1. The van der Waals surface area contributed by atoms with Crippen LogP contribution in [0.1, 0.15) is 22.7 Å². The van der Waals surface area contributed by atoms with Crippen LogP contribution in [0.5, 0.6) is 17.2 Å². The lowest BCUT2D eigenvalue weighted by Crippen LogP contribution is -2.29. The zero-order valence-corrected chi connectivity index (χ0v) is 25.0. The van der Waals surface area contributed by atoms with E-state index in [0.717, 1.165) is 5.56 Å². The highest BCUT2D eigenvalue weighted by atomic mass is 35.5. The number of Topliss-reactive ketones (excluding diaryl/α,β-unsaturated/α-hetero) is 1. The number of aliphatic hydroxyl groups excluding tert-OH is 1. The van der Waals surface area contributed by atoms with Crippen molar-refractivity contribution in [2.75, 3.05) is 24.7 Å². The third kappa shape index (κ3) is 5.96. The number of ketones is 1. The maximum atomic E-state index is 13.6. The van der Waals surface area contributed by atoms with Gasteiger partial charge >= 0.3 is 5.91 Å². The van der Waals surface area contributed by atoms with Gasteiger partial charge in [-0.3, -0.25) is 14.5 Å². The number of hydrogen-bond donors (Lipinski definition) is 1. The minimum atomic E-state index is -0.998. The fourth-order valence-electron chi connectivity index (χ4n) is 4.70. The van der Waals surface area contributed by atoms with E-state index >= 15 is 0 Å². The topological polar surface area (TPSA) is 111 Å². The van der Waals surface area contributed by atoms with Gasteiger partial charge in [-0.05, 0) is 53.6 Å². The molecule has 12 heteroatoms. The Morgan fingerprint density at radius 3 is 2.67 bits per heavy atom. The van der Waals surface area contributed by atoms with E-state index in [0.29, 0.717) is 56.7 Å². The lowest BCUT2D eigenvalue weighted by atomic mass is 9.95. The van der Waals surface area contributed by atoms with Gasteiger partial charge in [0.2, 0.25) is 5.13 Å². The first-order valence-corrected chi connectivity index (χ1v) is 15.4. The van der Waals surface area contributed by atoms with Crippen molar-refractivity contribution in [1.29, 1.82) is 0 Å². The maximum Gasteiger partial charge on any atom is 0.301 e. The quantitative estimate of drug-likeness (QED) is 0.0555. The van der Waals surface area contributed by atoms with E-state index in [1.54, 1.807) is 48.5 Å². The molecule has 0 spiro atoms. The van der Waals surface area contributed by atoms with Gasteiger partial charge in [0.15, 0.2) is 15.8 Å². The van der Waals surface area contributed by atoms with Crippen LogP contribution in [0.25, 0.3) is 5.76 Å². The van der Waals surface area contributed by atoms with E-state index < -0.39 is 17.7 Å². The summed E-state index contributed by atoms with van der Waals surface area (Å²) in [5.41, 5.74) is 1.81. The zero-order chi connectivity index (χ0) is 29.9. The Morgan fingerprint density at radius 2 is 1.88 bits per heavy atom. The predicted molar refractivity (Wildman–Crippen MR) is 165 cm³/mol. The van der Waals surface area contributed by atoms with Crippen LogP contribution in [0.4, 0.5) is 5.13 Å². The number of aromatic nitrogens is 2. The van der Waals surface area contributed by atoms with Crippen molar-refractivity contribution >= 4 is 57.3 Å². The van der Waals surface area contributed by atoms with E-state index in [1.807, 2.05) is 24.3 Å². The molecule has 43 heavy (non-hydrogen) atoms. The Labute approximate surface area is 260 Å². The molecular weight excluding hydrogens is 610 g/mol. The lowest BCUT2D eigenvalue weighted by Gasteiger charge is -2.23. The van der Waals surface area contributed by atoms with Gasteiger partial charge in [0.1, 0.15) is 31.3 Å². The number of carbonyl (C=O) groups excluding carboxylic acids is 2. The molecule has 3 heterocycles. The number of hydrogen-bond acceptors (Lipinski definition) is 10. The SMILES string of the molecule is C=CCOc1cccc([C@H]2C(=C(O)c3ccc4c(c3)OCCO4)C(=O)C(=O)N2c2nnc(SCc3ccc(Cl)cc3)s2)c1. The average molecular weight is 634 g/mol. The van der Waals surface area contributed by atoms with Gasteiger partial charge in [-0.25, -0.2) is 0 Å². The maximum absolute atomic E-state index is 13.6. The van der Waals surface area contributed by atoms with E-state index in [4.69, 9.17) is 25.8 Å². The van der Waals surface area contributed by atoms with Crippen LogP contribution >= 0.6 is 34.7 Å². The molecule has 1 N–H and O–H groups in total.